The number of nitrogens with zero attached hydrogens (tertiary/aromatic N) is 2. The summed E-state index contributed by atoms with van der Waals surface area (Å²) in [5.41, 5.74) is 0.251. The molecular weight excluding hydrogens is 258 g/mol. The van der Waals surface area contributed by atoms with Gasteiger partial charge in [0.25, 0.3) is 0 Å². The number of aromatic carboxylic acids is 1. The van der Waals surface area contributed by atoms with Crippen LogP contribution in [0.5, 0.6) is 0 Å². The SMILES string of the molecule is CC(C)(C)c1nc(NCc2ccco2)ncc1C(=O)O. The number of rotatable bonds is 4. The summed E-state index contributed by atoms with van der Waals surface area (Å²) in [7, 11) is 0. The molecule has 2 N–H and O–H groups in total. The van der Waals surface area contributed by atoms with Crippen LogP contribution in [-0.4, -0.2) is 21.0 Å². The highest BCUT2D eigenvalue weighted by atomic mass is 16.4. The largest absolute Gasteiger partial charge is 0.478 e. The molecule has 0 aliphatic heterocycles. The molecule has 0 aliphatic rings. The number of carbonyl (C=O) groups is 1. The molecule has 106 valence electrons. The van der Waals surface area contributed by atoms with Crippen molar-refractivity contribution >= 4 is 11.9 Å². The van der Waals surface area contributed by atoms with E-state index in [1.165, 1.54) is 6.20 Å². The third kappa shape index (κ3) is 3.14. The van der Waals surface area contributed by atoms with Gasteiger partial charge >= 0.3 is 5.97 Å². The molecule has 0 radical (unpaired) electrons. The van der Waals surface area contributed by atoms with Crippen LogP contribution in [0.4, 0.5) is 5.95 Å². The van der Waals surface area contributed by atoms with Crippen LogP contribution in [0.3, 0.4) is 0 Å². The van der Waals surface area contributed by atoms with E-state index in [0.717, 1.165) is 5.76 Å². The van der Waals surface area contributed by atoms with Crippen molar-refractivity contribution in [2.24, 2.45) is 0 Å². The number of hydrogen-bond acceptors (Lipinski definition) is 5. The fraction of sp³-hybridized carbons (Fsp3) is 0.357. The lowest BCUT2D eigenvalue weighted by Gasteiger charge is -2.20. The second-order valence-electron chi connectivity index (χ2n) is 5.44. The molecule has 20 heavy (non-hydrogen) atoms. The van der Waals surface area contributed by atoms with Crippen LogP contribution in [0.25, 0.3) is 0 Å². The predicted molar refractivity (Wildman–Crippen MR) is 73.7 cm³/mol. The van der Waals surface area contributed by atoms with E-state index in [9.17, 15) is 9.90 Å². The highest BCUT2D eigenvalue weighted by Crippen LogP contribution is 2.24. The molecule has 0 unspecified atom stereocenters. The third-order valence-electron chi connectivity index (χ3n) is 2.73. The Hall–Kier alpha value is -2.37. The summed E-state index contributed by atoms with van der Waals surface area (Å²) in [5, 5.41) is 12.2. The van der Waals surface area contributed by atoms with Gasteiger partial charge in [0.2, 0.25) is 5.95 Å². The molecule has 0 saturated heterocycles. The highest BCUT2D eigenvalue weighted by Gasteiger charge is 2.24. The van der Waals surface area contributed by atoms with Gasteiger partial charge in [-0.3, -0.25) is 0 Å². The molecule has 2 aromatic heterocycles. The third-order valence-corrected chi connectivity index (χ3v) is 2.73. The first-order valence-corrected chi connectivity index (χ1v) is 6.25. The van der Waals surface area contributed by atoms with E-state index < -0.39 is 5.97 Å². The van der Waals surface area contributed by atoms with E-state index in [1.54, 1.807) is 12.3 Å². The van der Waals surface area contributed by atoms with E-state index in [1.807, 2.05) is 26.8 Å². The lowest BCUT2D eigenvalue weighted by atomic mass is 9.89. The Morgan fingerprint density at radius 1 is 1.45 bits per heavy atom. The van der Waals surface area contributed by atoms with E-state index in [4.69, 9.17) is 4.42 Å². The van der Waals surface area contributed by atoms with Gasteiger partial charge in [0.05, 0.1) is 24.1 Å². The van der Waals surface area contributed by atoms with Gasteiger partial charge in [-0.25, -0.2) is 14.8 Å². The molecular formula is C14H17N3O3. The number of carboxylic acids is 1. The van der Waals surface area contributed by atoms with Gasteiger partial charge < -0.3 is 14.8 Å². The number of carboxylic acid groups (broad SMARTS) is 1. The van der Waals surface area contributed by atoms with Crippen molar-refractivity contribution in [2.75, 3.05) is 5.32 Å². The first-order chi connectivity index (χ1) is 9.38. The number of nitrogens with one attached hydrogen (secondary N) is 1. The van der Waals surface area contributed by atoms with Crippen molar-refractivity contribution in [2.45, 2.75) is 32.7 Å². The number of aromatic nitrogens is 2. The Bertz CT molecular complexity index is 601. The Balaban J connectivity index is 2.25. The maximum atomic E-state index is 11.2. The van der Waals surface area contributed by atoms with Crippen LogP contribution in [0, 0.1) is 0 Å². The average Bonchev–Trinajstić information content (AvgIpc) is 2.88. The Labute approximate surface area is 116 Å². The summed E-state index contributed by atoms with van der Waals surface area (Å²) in [5.74, 6) is 0.122. The summed E-state index contributed by atoms with van der Waals surface area (Å²) in [6.45, 7) is 6.19. The van der Waals surface area contributed by atoms with Gasteiger partial charge in [0.1, 0.15) is 5.76 Å². The molecule has 6 nitrogen and oxygen atoms in total. The zero-order valence-corrected chi connectivity index (χ0v) is 11.7. The smallest absolute Gasteiger partial charge is 0.339 e. The normalized spacial score (nSPS) is 11.3. The zero-order chi connectivity index (χ0) is 14.8. The molecule has 0 aliphatic carbocycles. The monoisotopic (exact) mass is 275 g/mol. The first kappa shape index (κ1) is 14.0. The second kappa shape index (κ2) is 5.32. The van der Waals surface area contributed by atoms with E-state index >= 15 is 0 Å². The van der Waals surface area contributed by atoms with Crippen LogP contribution in [0.1, 0.15) is 42.6 Å². The lowest BCUT2D eigenvalue weighted by molar-refractivity contribution is 0.0693. The molecule has 0 fully saturated rings. The fourth-order valence-electron chi connectivity index (χ4n) is 1.77. The molecule has 2 aromatic rings. The summed E-state index contributed by atoms with van der Waals surface area (Å²) >= 11 is 0. The van der Waals surface area contributed by atoms with Crippen molar-refractivity contribution in [3.8, 4) is 0 Å². The minimum atomic E-state index is -1.02. The molecule has 6 heteroatoms. The number of furan rings is 1. The van der Waals surface area contributed by atoms with Crippen molar-refractivity contribution in [3.63, 3.8) is 0 Å². The van der Waals surface area contributed by atoms with Gasteiger partial charge in [-0.1, -0.05) is 20.8 Å². The summed E-state index contributed by atoms with van der Waals surface area (Å²) in [6.07, 6.45) is 2.92. The van der Waals surface area contributed by atoms with Crippen molar-refractivity contribution in [3.05, 3.63) is 41.6 Å². The van der Waals surface area contributed by atoms with Crippen LogP contribution >= 0.6 is 0 Å². The Kier molecular flexibility index (Phi) is 3.74. The van der Waals surface area contributed by atoms with Crippen molar-refractivity contribution < 1.29 is 14.3 Å². The molecule has 0 amide bonds. The van der Waals surface area contributed by atoms with E-state index in [2.05, 4.69) is 15.3 Å². The van der Waals surface area contributed by atoms with Crippen molar-refractivity contribution in [1.29, 1.82) is 0 Å². The molecule has 2 heterocycles. The van der Waals surface area contributed by atoms with E-state index in [0.29, 0.717) is 18.2 Å². The van der Waals surface area contributed by atoms with Crippen LogP contribution in [0.2, 0.25) is 0 Å². The Morgan fingerprint density at radius 3 is 2.75 bits per heavy atom. The summed E-state index contributed by atoms with van der Waals surface area (Å²) < 4.78 is 5.20. The van der Waals surface area contributed by atoms with Crippen LogP contribution in [0.15, 0.2) is 29.0 Å². The molecule has 0 aromatic carbocycles. The number of hydrogen-bond donors (Lipinski definition) is 2. The maximum Gasteiger partial charge on any atom is 0.339 e. The van der Waals surface area contributed by atoms with Crippen molar-refractivity contribution in [1.82, 2.24) is 9.97 Å². The molecule has 0 spiro atoms. The number of anilines is 1. The van der Waals surface area contributed by atoms with Gasteiger partial charge in [0.15, 0.2) is 0 Å². The minimum absolute atomic E-state index is 0.126. The summed E-state index contributed by atoms with van der Waals surface area (Å²) in [4.78, 5) is 19.6. The standard InChI is InChI=1S/C14H17N3O3/c1-14(2,3)11-10(12(18)19)8-16-13(17-11)15-7-9-5-4-6-20-9/h4-6,8H,7H2,1-3H3,(H,18,19)(H,15,16,17). The first-order valence-electron chi connectivity index (χ1n) is 6.25. The molecule has 0 atom stereocenters. The summed E-state index contributed by atoms with van der Waals surface area (Å²) in [6, 6.07) is 3.63. The molecule has 0 bridgehead atoms. The van der Waals surface area contributed by atoms with E-state index in [-0.39, 0.29) is 11.0 Å². The van der Waals surface area contributed by atoms with Gasteiger partial charge in [-0.15, -0.1) is 0 Å². The maximum absolute atomic E-state index is 11.2. The quantitative estimate of drug-likeness (QED) is 0.891. The fourth-order valence-corrected chi connectivity index (χ4v) is 1.77. The zero-order valence-electron chi connectivity index (χ0n) is 11.7. The van der Waals surface area contributed by atoms with Gasteiger partial charge in [-0.05, 0) is 12.1 Å². The molecule has 0 saturated carbocycles. The Morgan fingerprint density at radius 2 is 2.20 bits per heavy atom. The average molecular weight is 275 g/mol. The topological polar surface area (TPSA) is 88.3 Å². The van der Waals surface area contributed by atoms with Crippen LogP contribution in [-0.2, 0) is 12.0 Å². The predicted octanol–water partition coefficient (Wildman–Crippen LogP) is 2.68. The molecule has 2 rings (SSSR count). The van der Waals surface area contributed by atoms with Gasteiger partial charge in [0, 0.05) is 11.6 Å². The van der Waals surface area contributed by atoms with Crippen LogP contribution < -0.4 is 5.32 Å². The highest BCUT2D eigenvalue weighted by molar-refractivity contribution is 5.89. The lowest BCUT2D eigenvalue weighted by Crippen LogP contribution is -2.21. The second-order valence-corrected chi connectivity index (χ2v) is 5.44. The van der Waals surface area contributed by atoms with Gasteiger partial charge in [-0.2, -0.15) is 0 Å². The minimum Gasteiger partial charge on any atom is -0.478 e.